The molecule has 2 aromatic rings. The summed E-state index contributed by atoms with van der Waals surface area (Å²) in [5, 5.41) is 10.4. The summed E-state index contributed by atoms with van der Waals surface area (Å²) in [7, 11) is 0. The zero-order valence-corrected chi connectivity index (χ0v) is 15.2. The van der Waals surface area contributed by atoms with Crippen molar-refractivity contribution < 1.29 is 9.59 Å². The molecular weight excluding hydrogens is 377 g/mol. The highest BCUT2D eigenvalue weighted by molar-refractivity contribution is 6.36. The molecule has 0 radical (unpaired) electrons. The van der Waals surface area contributed by atoms with E-state index < -0.39 is 11.9 Å². The number of hydrogen-bond donors (Lipinski definition) is 2. The topological polar surface area (TPSA) is 100 Å². The Balaban J connectivity index is 1.78. The van der Waals surface area contributed by atoms with Crippen LogP contribution in [0.3, 0.4) is 0 Å². The molecular formula is C17H15Cl2N5O2. The van der Waals surface area contributed by atoms with Gasteiger partial charge >= 0.3 is 0 Å². The minimum absolute atomic E-state index is 0.275. The number of nitrogens with two attached hydrogens (primary N) is 1. The third kappa shape index (κ3) is 3.70. The lowest BCUT2D eigenvalue weighted by Crippen LogP contribution is -2.36. The molecule has 1 aliphatic rings. The summed E-state index contributed by atoms with van der Waals surface area (Å²) in [5.41, 5.74) is 9.61. The standard InChI is InChI=1S/C17H15Cl2N5O2/c1-9-15(22-21-12-5-2-10(3-6-12)16(20)25)17(26)24(23-9)14-7-4-11(18)8-13(14)19/h2-9,15,23H,1H3,(H2,20,25). The van der Waals surface area contributed by atoms with Gasteiger partial charge in [0.25, 0.3) is 5.91 Å². The number of rotatable bonds is 4. The van der Waals surface area contributed by atoms with Gasteiger partial charge in [-0.3, -0.25) is 9.59 Å². The molecule has 134 valence electrons. The van der Waals surface area contributed by atoms with E-state index in [2.05, 4.69) is 15.7 Å². The average Bonchev–Trinajstić information content (AvgIpc) is 2.87. The molecule has 3 N–H and O–H groups in total. The van der Waals surface area contributed by atoms with Crippen LogP contribution in [-0.2, 0) is 4.79 Å². The van der Waals surface area contributed by atoms with Crippen LogP contribution >= 0.6 is 23.2 Å². The van der Waals surface area contributed by atoms with Crippen LogP contribution in [0.1, 0.15) is 17.3 Å². The number of hydrogen-bond acceptors (Lipinski definition) is 5. The average molecular weight is 392 g/mol. The van der Waals surface area contributed by atoms with Crippen LogP contribution < -0.4 is 16.2 Å². The monoisotopic (exact) mass is 391 g/mol. The second kappa shape index (κ2) is 7.41. The fourth-order valence-electron chi connectivity index (χ4n) is 2.51. The Morgan fingerprint density at radius 2 is 1.88 bits per heavy atom. The van der Waals surface area contributed by atoms with E-state index in [1.54, 1.807) is 42.5 Å². The Morgan fingerprint density at radius 1 is 1.19 bits per heavy atom. The molecule has 1 fully saturated rings. The van der Waals surface area contributed by atoms with Crippen molar-refractivity contribution in [1.29, 1.82) is 0 Å². The Kier molecular flexibility index (Phi) is 5.22. The Hall–Kier alpha value is -2.48. The van der Waals surface area contributed by atoms with E-state index in [-0.39, 0.29) is 11.9 Å². The maximum Gasteiger partial charge on any atom is 0.269 e. The van der Waals surface area contributed by atoms with E-state index in [1.165, 1.54) is 5.01 Å². The molecule has 3 rings (SSSR count). The quantitative estimate of drug-likeness (QED) is 0.779. The number of nitrogens with zero attached hydrogens (tertiary/aromatic N) is 3. The van der Waals surface area contributed by atoms with E-state index in [0.29, 0.717) is 27.0 Å². The van der Waals surface area contributed by atoms with Crippen molar-refractivity contribution in [3.63, 3.8) is 0 Å². The lowest BCUT2D eigenvalue weighted by atomic mass is 10.2. The summed E-state index contributed by atoms with van der Waals surface area (Å²) in [6, 6.07) is 10.2. The predicted octanol–water partition coefficient (Wildman–Crippen LogP) is 3.48. The maximum atomic E-state index is 12.7. The van der Waals surface area contributed by atoms with Gasteiger partial charge in [0.2, 0.25) is 5.91 Å². The minimum atomic E-state index is -0.711. The number of halogens is 2. The number of carbonyl (C=O) groups excluding carboxylic acids is 2. The molecule has 0 spiro atoms. The van der Waals surface area contributed by atoms with Crippen LogP contribution in [0, 0.1) is 0 Å². The smallest absolute Gasteiger partial charge is 0.269 e. The second-order valence-corrected chi connectivity index (χ2v) is 6.60. The Morgan fingerprint density at radius 3 is 2.50 bits per heavy atom. The van der Waals surface area contributed by atoms with Gasteiger partial charge in [-0.2, -0.15) is 10.2 Å². The molecule has 1 saturated heterocycles. The lowest BCUT2D eigenvalue weighted by Gasteiger charge is -2.17. The van der Waals surface area contributed by atoms with Gasteiger partial charge in [0, 0.05) is 10.6 Å². The molecule has 0 aliphatic carbocycles. The van der Waals surface area contributed by atoms with Crippen LogP contribution in [0.5, 0.6) is 0 Å². The number of amides is 2. The van der Waals surface area contributed by atoms with Crippen molar-refractivity contribution in [3.05, 3.63) is 58.1 Å². The summed E-state index contributed by atoms with van der Waals surface area (Å²) in [6.45, 7) is 1.82. The van der Waals surface area contributed by atoms with Gasteiger partial charge in [0.15, 0.2) is 6.04 Å². The second-order valence-electron chi connectivity index (χ2n) is 5.76. The maximum absolute atomic E-state index is 12.7. The van der Waals surface area contributed by atoms with Crippen LogP contribution in [0.15, 0.2) is 52.7 Å². The summed E-state index contributed by atoms with van der Waals surface area (Å²) in [5.74, 6) is -0.799. The number of benzene rings is 2. The van der Waals surface area contributed by atoms with E-state index in [0.717, 1.165) is 0 Å². The van der Waals surface area contributed by atoms with Crippen molar-refractivity contribution in [1.82, 2.24) is 5.43 Å². The number of primary amides is 1. The SMILES string of the molecule is CC1NN(c2ccc(Cl)cc2Cl)C(=O)C1N=Nc1ccc(C(N)=O)cc1. The van der Waals surface area contributed by atoms with Crippen LogP contribution in [-0.4, -0.2) is 23.9 Å². The highest BCUT2D eigenvalue weighted by Crippen LogP contribution is 2.31. The first-order valence-corrected chi connectivity index (χ1v) is 8.48. The first-order chi connectivity index (χ1) is 12.4. The third-order valence-electron chi connectivity index (χ3n) is 3.88. The highest BCUT2D eigenvalue weighted by Gasteiger charge is 2.39. The van der Waals surface area contributed by atoms with Gasteiger partial charge in [-0.15, -0.1) is 0 Å². The van der Waals surface area contributed by atoms with E-state index in [1.807, 2.05) is 6.92 Å². The van der Waals surface area contributed by atoms with Crippen molar-refractivity contribution in [3.8, 4) is 0 Å². The number of carbonyl (C=O) groups is 2. The highest BCUT2D eigenvalue weighted by atomic mass is 35.5. The molecule has 7 nitrogen and oxygen atoms in total. The van der Waals surface area contributed by atoms with Crippen LogP contribution in [0.4, 0.5) is 11.4 Å². The molecule has 1 heterocycles. The zero-order valence-electron chi connectivity index (χ0n) is 13.7. The van der Waals surface area contributed by atoms with Crippen LogP contribution in [0.2, 0.25) is 10.0 Å². The summed E-state index contributed by atoms with van der Waals surface area (Å²) < 4.78 is 0. The third-order valence-corrected chi connectivity index (χ3v) is 4.42. The number of hydrazine groups is 1. The van der Waals surface area contributed by atoms with Gasteiger partial charge in [0.1, 0.15) is 0 Å². The number of nitrogens with one attached hydrogen (secondary N) is 1. The molecule has 2 unspecified atom stereocenters. The zero-order chi connectivity index (χ0) is 18.8. The first-order valence-electron chi connectivity index (χ1n) is 7.72. The van der Waals surface area contributed by atoms with Gasteiger partial charge in [-0.05, 0) is 49.4 Å². The molecule has 0 saturated carbocycles. The molecule has 2 aromatic carbocycles. The first kappa shape index (κ1) is 18.3. The molecule has 26 heavy (non-hydrogen) atoms. The fourth-order valence-corrected chi connectivity index (χ4v) is 3.00. The molecule has 0 bridgehead atoms. The van der Waals surface area contributed by atoms with Crippen molar-refractivity contribution in [2.45, 2.75) is 19.0 Å². The lowest BCUT2D eigenvalue weighted by molar-refractivity contribution is -0.118. The van der Waals surface area contributed by atoms with Gasteiger partial charge < -0.3 is 5.73 Å². The predicted molar refractivity (Wildman–Crippen MR) is 99.8 cm³/mol. The van der Waals surface area contributed by atoms with E-state index in [4.69, 9.17) is 28.9 Å². The van der Waals surface area contributed by atoms with Gasteiger partial charge in [0.05, 0.1) is 22.4 Å². The van der Waals surface area contributed by atoms with Crippen molar-refractivity contribution in [2.24, 2.45) is 16.0 Å². The van der Waals surface area contributed by atoms with E-state index >= 15 is 0 Å². The van der Waals surface area contributed by atoms with Crippen molar-refractivity contribution in [2.75, 3.05) is 5.01 Å². The van der Waals surface area contributed by atoms with Crippen molar-refractivity contribution >= 4 is 46.4 Å². The number of anilines is 1. The summed E-state index contributed by atoms with van der Waals surface area (Å²) in [6.07, 6.45) is 0. The van der Waals surface area contributed by atoms with Gasteiger partial charge in [-0.1, -0.05) is 23.2 Å². The van der Waals surface area contributed by atoms with E-state index in [9.17, 15) is 9.59 Å². The summed E-state index contributed by atoms with van der Waals surface area (Å²) >= 11 is 12.1. The largest absolute Gasteiger partial charge is 0.366 e. The summed E-state index contributed by atoms with van der Waals surface area (Å²) in [4.78, 5) is 23.8. The Bertz CT molecular complexity index is 885. The molecule has 0 aromatic heterocycles. The van der Waals surface area contributed by atoms with Gasteiger partial charge in [-0.25, -0.2) is 10.4 Å². The molecule has 9 heteroatoms. The minimum Gasteiger partial charge on any atom is -0.366 e. The molecule has 2 atom stereocenters. The molecule has 1 aliphatic heterocycles. The van der Waals surface area contributed by atoms with Crippen LogP contribution in [0.25, 0.3) is 0 Å². The number of azo groups is 1. The molecule has 2 amide bonds. The fraction of sp³-hybridized carbons (Fsp3) is 0.176. The Labute approximate surface area is 159 Å². The normalized spacial score (nSPS) is 20.1.